The maximum absolute atomic E-state index is 12.9. The zero-order chi connectivity index (χ0) is 58.5. The van der Waals surface area contributed by atoms with E-state index in [9.17, 15) is 14.4 Å². The van der Waals surface area contributed by atoms with Crippen molar-refractivity contribution in [3.8, 4) is 0 Å². The van der Waals surface area contributed by atoms with Crippen LogP contribution in [0.4, 0.5) is 0 Å². The van der Waals surface area contributed by atoms with Gasteiger partial charge in [0.2, 0.25) is 0 Å². The van der Waals surface area contributed by atoms with Crippen LogP contribution < -0.4 is 0 Å². The van der Waals surface area contributed by atoms with E-state index in [1.54, 1.807) is 0 Å². The number of allylic oxidation sites excluding steroid dienone is 24. The topological polar surface area (TPSA) is 78.9 Å². The van der Waals surface area contributed by atoms with Crippen LogP contribution in [-0.4, -0.2) is 37.2 Å². The van der Waals surface area contributed by atoms with Crippen LogP contribution in [-0.2, 0) is 28.6 Å². The second-order valence-corrected chi connectivity index (χ2v) is 21.6. The van der Waals surface area contributed by atoms with Gasteiger partial charge in [-0.3, -0.25) is 14.4 Å². The van der Waals surface area contributed by atoms with Crippen LogP contribution in [0.5, 0.6) is 0 Å². The van der Waals surface area contributed by atoms with Gasteiger partial charge < -0.3 is 14.2 Å². The van der Waals surface area contributed by atoms with E-state index in [0.29, 0.717) is 19.3 Å². The number of esters is 3. The van der Waals surface area contributed by atoms with Gasteiger partial charge in [-0.2, -0.15) is 0 Å². The molecule has 81 heavy (non-hydrogen) atoms. The standard InChI is InChI=1S/C75H122O6/c1-4-7-10-13-16-18-20-22-24-26-28-30-32-34-36-37-39-40-42-44-46-48-50-52-54-56-59-62-65-68-74(77)80-71-72(70-79-73(76)67-64-61-58-15-12-9-6-3)81-75(78)69-66-63-60-57-55-53-51-49-47-45-43-41-38-35-33-31-29-27-25-23-21-19-17-14-11-8-5-2/h7-8,10-11,16-19,22-25,28-31,35,38,43,45,49,51,55,57,72H,4-6,9,12-15,20-21,26-27,32-34,36-37,39-42,44,46-48,50,52-54,56,58-71H2,1-3H3/b10-7-,11-8-,18-16-,19-17-,24-22-,25-23-,30-28-,31-29-,38-35-,45-43-,51-49-,57-55-. The Labute approximate surface area is 499 Å². The fourth-order valence-electron chi connectivity index (χ4n) is 8.92. The Morgan fingerprint density at radius 3 is 0.778 bits per heavy atom. The highest BCUT2D eigenvalue weighted by Gasteiger charge is 2.19. The molecule has 458 valence electrons. The third-order valence-electron chi connectivity index (χ3n) is 13.8. The van der Waals surface area contributed by atoms with Gasteiger partial charge in [-0.1, -0.05) is 295 Å². The molecule has 6 heteroatoms. The first-order chi connectivity index (χ1) is 40.0. The normalized spacial score (nSPS) is 13.1. The Hall–Kier alpha value is -4.71. The average Bonchev–Trinajstić information content (AvgIpc) is 3.46. The first-order valence-electron chi connectivity index (χ1n) is 33.3. The van der Waals surface area contributed by atoms with Gasteiger partial charge in [0.05, 0.1) is 0 Å². The van der Waals surface area contributed by atoms with Gasteiger partial charge >= 0.3 is 17.9 Å². The van der Waals surface area contributed by atoms with Crippen molar-refractivity contribution >= 4 is 17.9 Å². The van der Waals surface area contributed by atoms with Crippen LogP contribution in [0.3, 0.4) is 0 Å². The Kier molecular flexibility index (Phi) is 63.9. The molecule has 0 aliphatic rings. The van der Waals surface area contributed by atoms with E-state index in [0.717, 1.165) is 128 Å². The minimum Gasteiger partial charge on any atom is -0.462 e. The number of rotatable bonds is 59. The second kappa shape index (κ2) is 67.8. The molecule has 0 aromatic heterocycles. The number of ether oxygens (including phenoxy) is 3. The molecule has 6 nitrogen and oxygen atoms in total. The predicted molar refractivity (Wildman–Crippen MR) is 352 cm³/mol. The van der Waals surface area contributed by atoms with Crippen LogP contribution in [0.2, 0.25) is 0 Å². The highest BCUT2D eigenvalue weighted by molar-refractivity contribution is 5.71. The van der Waals surface area contributed by atoms with Crippen molar-refractivity contribution in [3.63, 3.8) is 0 Å². The van der Waals surface area contributed by atoms with E-state index in [2.05, 4.69) is 167 Å². The van der Waals surface area contributed by atoms with E-state index in [4.69, 9.17) is 14.2 Å². The summed E-state index contributed by atoms with van der Waals surface area (Å²) >= 11 is 0. The van der Waals surface area contributed by atoms with Crippen LogP contribution >= 0.6 is 0 Å². The monoisotopic (exact) mass is 1120 g/mol. The molecule has 0 aromatic rings. The molecule has 1 unspecified atom stereocenters. The Bertz CT molecular complexity index is 1760. The number of carbonyl (C=O) groups excluding carboxylic acids is 3. The molecule has 0 aliphatic heterocycles. The van der Waals surface area contributed by atoms with Crippen molar-refractivity contribution in [2.75, 3.05) is 13.2 Å². The van der Waals surface area contributed by atoms with E-state index in [-0.39, 0.29) is 37.5 Å². The van der Waals surface area contributed by atoms with Crippen LogP contribution in [0.1, 0.15) is 290 Å². The molecule has 0 heterocycles. The predicted octanol–water partition coefficient (Wildman–Crippen LogP) is 23.1. The minimum absolute atomic E-state index is 0.0978. The summed E-state index contributed by atoms with van der Waals surface area (Å²) in [7, 11) is 0. The molecule has 0 saturated heterocycles. The van der Waals surface area contributed by atoms with E-state index >= 15 is 0 Å². The number of hydrogen-bond acceptors (Lipinski definition) is 6. The lowest BCUT2D eigenvalue weighted by Gasteiger charge is -2.18. The van der Waals surface area contributed by atoms with Crippen LogP contribution in [0.25, 0.3) is 0 Å². The fourth-order valence-corrected chi connectivity index (χ4v) is 8.92. The summed E-state index contributed by atoms with van der Waals surface area (Å²) in [4.78, 5) is 38.1. The quantitative estimate of drug-likeness (QED) is 0.0261. The molecule has 0 radical (unpaired) electrons. The van der Waals surface area contributed by atoms with Crippen molar-refractivity contribution in [1.29, 1.82) is 0 Å². The number of unbranched alkanes of at least 4 members (excludes halogenated alkanes) is 24. The van der Waals surface area contributed by atoms with Gasteiger partial charge in [0, 0.05) is 19.3 Å². The van der Waals surface area contributed by atoms with Crippen LogP contribution in [0, 0.1) is 0 Å². The van der Waals surface area contributed by atoms with Crippen molar-refractivity contribution in [3.05, 3.63) is 146 Å². The summed E-state index contributed by atoms with van der Waals surface area (Å²) in [5.74, 6) is -0.947. The molecular formula is C75H122O6. The number of carbonyl (C=O) groups is 3. The summed E-state index contributed by atoms with van der Waals surface area (Å²) in [6.45, 7) is 6.34. The summed E-state index contributed by atoms with van der Waals surface area (Å²) in [5.41, 5.74) is 0. The van der Waals surface area contributed by atoms with Crippen LogP contribution in [0.15, 0.2) is 146 Å². The maximum Gasteiger partial charge on any atom is 0.306 e. The molecule has 0 saturated carbocycles. The van der Waals surface area contributed by atoms with Gasteiger partial charge in [0.1, 0.15) is 13.2 Å². The molecule has 0 aliphatic carbocycles. The molecule has 1 atom stereocenters. The largest absolute Gasteiger partial charge is 0.462 e. The molecule has 0 N–H and O–H groups in total. The van der Waals surface area contributed by atoms with E-state index in [1.165, 1.54) is 116 Å². The first kappa shape index (κ1) is 76.3. The first-order valence-corrected chi connectivity index (χ1v) is 33.3. The summed E-state index contributed by atoms with van der Waals surface area (Å²) in [5, 5.41) is 0. The minimum atomic E-state index is -0.804. The molecule has 0 fully saturated rings. The lowest BCUT2D eigenvalue weighted by Crippen LogP contribution is -2.30. The number of hydrogen-bond donors (Lipinski definition) is 0. The molecule has 0 rings (SSSR count). The third-order valence-corrected chi connectivity index (χ3v) is 13.8. The highest BCUT2D eigenvalue weighted by Crippen LogP contribution is 2.16. The highest BCUT2D eigenvalue weighted by atomic mass is 16.6. The summed E-state index contributed by atoms with van der Waals surface area (Å²) < 4.78 is 16.8. The zero-order valence-corrected chi connectivity index (χ0v) is 52.5. The lowest BCUT2D eigenvalue weighted by atomic mass is 10.0. The Morgan fingerprint density at radius 2 is 0.481 bits per heavy atom. The summed E-state index contributed by atoms with van der Waals surface area (Å²) in [6.07, 6.45) is 97.5. The zero-order valence-electron chi connectivity index (χ0n) is 52.5. The van der Waals surface area contributed by atoms with E-state index in [1.807, 2.05) is 0 Å². The third kappa shape index (κ3) is 66.0. The smallest absolute Gasteiger partial charge is 0.306 e. The van der Waals surface area contributed by atoms with Gasteiger partial charge in [0.25, 0.3) is 0 Å². The molecule has 0 bridgehead atoms. The van der Waals surface area contributed by atoms with Gasteiger partial charge in [-0.25, -0.2) is 0 Å². The maximum atomic E-state index is 12.9. The van der Waals surface area contributed by atoms with Gasteiger partial charge in [-0.15, -0.1) is 0 Å². The Morgan fingerprint density at radius 1 is 0.259 bits per heavy atom. The van der Waals surface area contributed by atoms with E-state index < -0.39 is 6.10 Å². The Balaban J connectivity index is 4.20. The van der Waals surface area contributed by atoms with Gasteiger partial charge in [0.15, 0.2) is 6.10 Å². The van der Waals surface area contributed by atoms with Crippen molar-refractivity contribution in [2.45, 2.75) is 297 Å². The van der Waals surface area contributed by atoms with Gasteiger partial charge in [-0.05, 0) is 122 Å². The van der Waals surface area contributed by atoms with Crippen molar-refractivity contribution < 1.29 is 28.6 Å². The van der Waals surface area contributed by atoms with Crippen molar-refractivity contribution in [1.82, 2.24) is 0 Å². The molecule has 0 aromatic carbocycles. The van der Waals surface area contributed by atoms with Crippen molar-refractivity contribution in [2.24, 2.45) is 0 Å². The average molecular weight is 1120 g/mol. The molecule has 0 spiro atoms. The molecule has 0 amide bonds. The molecular weight excluding hydrogens is 997 g/mol. The fraction of sp³-hybridized carbons (Fsp3) is 0.640. The summed E-state index contributed by atoms with van der Waals surface area (Å²) in [6, 6.07) is 0. The lowest BCUT2D eigenvalue weighted by molar-refractivity contribution is -0.167. The second-order valence-electron chi connectivity index (χ2n) is 21.6. The SMILES string of the molecule is CC/C=C\C/C=C\C/C=C\C/C=C\C/C=C\C/C=C\C/C=C\C/C=C\CCCCC(=O)OC(COC(=O)CCCCCCCCC)COC(=O)CCCCCCCCCCCCCCCCCC/C=C\C/C=C\C/C=C\C/C=C\CC.